The van der Waals surface area contributed by atoms with Gasteiger partial charge in [-0.2, -0.15) is 0 Å². The molecule has 4 atom stereocenters. The molecule has 10 heavy (non-hydrogen) atoms. The second kappa shape index (κ2) is 2.81. The molecule has 0 amide bonds. The number of rotatable bonds is 1. The third kappa shape index (κ3) is 1.14. The number of ether oxygens (including phenoxy) is 1. The molecule has 0 aromatic heterocycles. The monoisotopic (exact) mass is 149 g/mol. The van der Waals surface area contributed by atoms with Crippen LogP contribution in [-0.4, -0.2) is 46.5 Å². The lowest BCUT2D eigenvalue weighted by Gasteiger charge is -2.10. The van der Waals surface area contributed by atoms with Crippen molar-refractivity contribution >= 4 is 0 Å². The van der Waals surface area contributed by atoms with Crippen molar-refractivity contribution in [3.63, 3.8) is 0 Å². The number of nitrogens with two attached hydrogens (primary N) is 1. The highest BCUT2D eigenvalue weighted by Crippen LogP contribution is 2.16. The normalized spacial score (nSPS) is 48.0. The van der Waals surface area contributed by atoms with Gasteiger partial charge in [-0.25, -0.2) is 0 Å². The number of aliphatic hydroxyl groups is 3. The van der Waals surface area contributed by atoms with Crippen LogP contribution in [0.25, 0.3) is 0 Å². The van der Waals surface area contributed by atoms with Crippen molar-refractivity contribution in [1.29, 1.82) is 0 Å². The van der Waals surface area contributed by atoms with Crippen LogP contribution < -0.4 is 5.73 Å². The highest BCUT2D eigenvalue weighted by Gasteiger charge is 2.39. The van der Waals surface area contributed by atoms with Crippen molar-refractivity contribution in [2.24, 2.45) is 5.73 Å². The molecule has 0 aromatic carbocycles. The second-order valence-corrected chi connectivity index (χ2v) is 2.32. The summed E-state index contributed by atoms with van der Waals surface area (Å²) >= 11 is 0. The van der Waals surface area contributed by atoms with E-state index in [0.29, 0.717) is 0 Å². The lowest BCUT2D eigenvalue weighted by atomic mass is 10.1. The van der Waals surface area contributed by atoms with Crippen LogP contribution in [0.4, 0.5) is 0 Å². The lowest BCUT2D eigenvalue weighted by molar-refractivity contribution is -0.132. The van der Waals surface area contributed by atoms with Crippen molar-refractivity contribution in [2.45, 2.75) is 24.5 Å². The van der Waals surface area contributed by atoms with Gasteiger partial charge in [0.05, 0.1) is 12.6 Å². The molecular formula is C5H11NO4. The lowest BCUT2D eigenvalue weighted by Crippen LogP contribution is -2.41. The van der Waals surface area contributed by atoms with Gasteiger partial charge in [-0.15, -0.1) is 0 Å². The maximum absolute atomic E-state index is 8.96. The van der Waals surface area contributed by atoms with E-state index in [0.717, 1.165) is 0 Å². The van der Waals surface area contributed by atoms with Crippen molar-refractivity contribution in [1.82, 2.24) is 0 Å². The van der Waals surface area contributed by atoms with Gasteiger partial charge in [0.2, 0.25) is 0 Å². The summed E-state index contributed by atoms with van der Waals surface area (Å²) in [6, 6.07) is -0.694. The summed E-state index contributed by atoms with van der Waals surface area (Å²) < 4.78 is 4.67. The van der Waals surface area contributed by atoms with Gasteiger partial charge in [0.25, 0.3) is 0 Å². The van der Waals surface area contributed by atoms with Crippen LogP contribution in [0.1, 0.15) is 0 Å². The van der Waals surface area contributed by atoms with Crippen molar-refractivity contribution in [3.8, 4) is 0 Å². The summed E-state index contributed by atoms with van der Waals surface area (Å²) in [5.74, 6) is 0. The van der Waals surface area contributed by atoms with Gasteiger partial charge < -0.3 is 25.8 Å². The first-order chi connectivity index (χ1) is 4.66. The van der Waals surface area contributed by atoms with Crippen molar-refractivity contribution < 1.29 is 20.1 Å². The van der Waals surface area contributed by atoms with Crippen LogP contribution in [0.15, 0.2) is 0 Å². The van der Waals surface area contributed by atoms with Gasteiger partial charge in [0.15, 0.2) is 6.29 Å². The van der Waals surface area contributed by atoms with Gasteiger partial charge >= 0.3 is 0 Å². The topological polar surface area (TPSA) is 95.9 Å². The SMILES string of the molecule is N[C@H]1[C@@H](O)[C@H](O)O[C@@H]1CO. The second-order valence-electron chi connectivity index (χ2n) is 2.32. The quantitative estimate of drug-likeness (QED) is 0.327. The first-order valence-corrected chi connectivity index (χ1v) is 3.05. The third-order valence-electron chi connectivity index (χ3n) is 1.61. The predicted octanol–water partition coefficient (Wildman–Crippen LogP) is -2.62. The maximum Gasteiger partial charge on any atom is 0.182 e. The average Bonchev–Trinajstić information content (AvgIpc) is 2.17. The Morgan fingerprint density at radius 3 is 2.20 bits per heavy atom. The average molecular weight is 149 g/mol. The number of hydrogen-bond acceptors (Lipinski definition) is 5. The molecule has 1 heterocycles. The molecule has 0 unspecified atom stereocenters. The van der Waals surface area contributed by atoms with Gasteiger partial charge in [0.1, 0.15) is 12.2 Å². The minimum absolute atomic E-state index is 0.282. The Morgan fingerprint density at radius 1 is 1.40 bits per heavy atom. The molecule has 0 radical (unpaired) electrons. The zero-order valence-corrected chi connectivity index (χ0v) is 5.34. The van der Waals surface area contributed by atoms with E-state index >= 15 is 0 Å². The molecule has 1 aliphatic rings. The molecular weight excluding hydrogens is 138 g/mol. The van der Waals surface area contributed by atoms with E-state index < -0.39 is 24.5 Å². The first kappa shape index (κ1) is 7.90. The van der Waals surface area contributed by atoms with Crippen molar-refractivity contribution in [3.05, 3.63) is 0 Å². The molecule has 0 aromatic rings. The summed E-state index contributed by atoms with van der Waals surface area (Å²) in [6.07, 6.45) is -2.99. The summed E-state index contributed by atoms with van der Waals surface area (Å²) in [6.45, 7) is -0.282. The predicted molar refractivity (Wildman–Crippen MR) is 31.9 cm³/mol. The smallest absolute Gasteiger partial charge is 0.182 e. The van der Waals surface area contributed by atoms with Gasteiger partial charge in [0, 0.05) is 0 Å². The Bertz CT molecular complexity index is 120. The fourth-order valence-corrected chi connectivity index (χ4v) is 0.925. The maximum atomic E-state index is 8.96. The number of hydrogen-bond donors (Lipinski definition) is 4. The molecule has 0 bridgehead atoms. The molecule has 5 nitrogen and oxygen atoms in total. The van der Waals surface area contributed by atoms with Crippen LogP contribution in [-0.2, 0) is 4.74 Å². The fraction of sp³-hybridized carbons (Fsp3) is 1.00. The van der Waals surface area contributed by atoms with Crippen LogP contribution >= 0.6 is 0 Å². The number of aliphatic hydroxyl groups excluding tert-OH is 3. The Kier molecular flexibility index (Phi) is 2.22. The molecule has 0 aliphatic carbocycles. The Balaban J connectivity index is 2.53. The van der Waals surface area contributed by atoms with E-state index in [4.69, 9.17) is 21.1 Å². The molecule has 1 fully saturated rings. The molecule has 1 aliphatic heterocycles. The molecule has 60 valence electrons. The zero-order chi connectivity index (χ0) is 7.72. The fourth-order valence-electron chi connectivity index (χ4n) is 0.925. The molecule has 1 rings (SSSR count). The molecule has 1 saturated heterocycles. The van der Waals surface area contributed by atoms with E-state index in [-0.39, 0.29) is 6.61 Å². The molecule has 0 spiro atoms. The Morgan fingerprint density at radius 2 is 2.00 bits per heavy atom. The minimum Gasteiger partial charge on any atom is -0.394 e. The summed E-state index contributed by atoms with van der Waals surface area (Å²) in [5, 5.41) is 26.3. The van der Waals surface area contributed by atoms with Gasteiger partial charge in [-0.3, -0.25) is 0 Å². The Hall–Kier alpha value is -0.200. The first-order valence-electron chi connectivity index (χ1n) is 3.05. The molecule has 5 heteroatoms. The summed E-state index contributed by atoms with van der Waals surface area (Å²) in [5.41, 5.74) is 5.33. The van der Waals surface area contributed by atoms with E-state index in [1.807, 2.05) is 0 Å². The highest BCUT2D eigenvalue weighted by atomic mass is 16.6. The summed E-state index contributed by atoms with van der Waals surface area (Å²) in [7, 11) is 0. The van der Waals surface area contributed by atoms with Crippen LogP contribution in [0.5, 0.6) is 0 Å². The Labute approximate surface area is 58.0 Å². The molecule has 5 N–H and O–H groups in total. The molecule has 0 saturated carbocycles. The van der Waals surface area contributed by atoms with E-state index in [1.54, 1.807) is 0 Å². The van der Waals surface area contributed by atoms with E-state index in [2.05, 4.69) is 4.74 Å². The summed E-state index contributed by atoms with van der Waals surface area (Å²) in [4.78, 5) is 0. The van der Waals surface area contributed by atoms with Crippen LogP contribution in [0.3, 0.4) is 0 Å². The standard InChI is InChI=1S/C5H11NO4/c6-3-2(1-7)10-5(9)4(3)8/h2-5,7-9H,1,6H2/t2-,3-,4-,5-/m1/s1. The van der Waals surface area contributed by atoms with Crippen LogP contribution in [0, 0.1) is 0 Å². The van der Waals surface area contributed by atoms with Gasteiger partial charge in [-0.05, 0) is 0 Å². The minimum atomic E-state index is -1.26. The highest BCUT2D eigenvalue weighted by molar-refractivity contribution is 4.88. The van der Waals surface area contributed by atoms with E-state index in [1.165, 1.54) is 0 Å². The zero-order valence-electron chi connectivity index (χ0n) is 5.34. The van der Waals surface area contributed by atoms with Crippen LogP contribution in [0.2, 0.25) is 0 Å². The van der Waals surface area contributed by atoms with E-state index in [9.17, 15) is 0 Å². The van der Waals surface area contributed by atoms with Gasteiger partial charge in [-0.1, -0.05) is 0 Å². The largest absolute Gasteiger partial charge is 0.394 e. The van der Waals surface area contributed by atoms with Crippen molar-refractivity contribution in [2.75, 3.05) is 6.61 Å². The third-order valence-corrected chi connectivity index (χ3v) is 1.61.